The maximum Gasteiger partial charge on any atom is 0.313 e. The highest BCUT2D eigenvalue weighted by Gasteiger charge is 2.07. The lowest BCUT2D eigenvalue weighted by Gasteiger charge is -1.96. The molecule has 0 rings (SSSR count). The van der Waals surface area contributed by atoms with E-state index in [1.165, 1.54) is 7.11 Å². The molecule has 0 aromatic rings. The Balaban J connectivity index is 3.53. The van der Waals surface area contributed by atoms with Crippen molar-refractivity contribution in [3.63, 3.8) is 0 Å². The summed E-state index contributed by atoms with van der Waals surface area (Å²) in [5.41, 5.74) is 4.95. The third-order valence-corrected chi connectivity index (χ3v) is 1.19. The third-order valence-electron chi connectivity index (χ3n) is 1.19. The Morgan fingerprint density at radius 3 is 2.75 bits per heavy atom. The average molecular weight is 172 g/mol. The molecule has 5 heteroatoms. The van der Waals surface area contributed by atoms with Crippen LogP contribution in [0.2, 0.25) is 0 Å². The van der Waals surface area contributed by atoms with Crippen molar-refractivity contribution in [3.05, 3.63) is 0 Å². The molecule has 0 fully saturated rings. The van der Waals surface area contributed by atoms with Crippen LogP contribution in [0.4, 0.5) is 0 Å². The number of carbonyl (C=O) groups excluding carboxylic acids is 2. The Labute approximate surface area is 70.6 Å². The van der Waals surface area contributed by atoms with Gasteiger partial charge in [0, 0.05) is 13.0 Å². The van der Waals surface area contributed by atoms with Crippen molar-refractivity contribution < 1.29 is 14.3 Å². The lowest BCUT2D eigenvalue weighted by molar-refractivity contribution is -0.143. The fraction of sp³-hybridized carbons (Fsp3) is 0.571. The van der Waals surface area contributed by atoms with Gasteiger partial charge in [-0.25, -0.2) is 0 Å². The first-order chi connectivity index (χ1) is 5.70. The van der Waals surface area contributed by atoms with Crippen LogP contribution in [-0.2, 0) is 14.3 Å². The lowest BCUT2D eigenvalue weighted by Crippen LogP contribution is -2.10. The van der Waals surface area contributed by atoms with Crippen LogP contribution in [0.5, 0.6) is 0 Å². The summed E-state index contributed by atoms with van der Waals surface area (Å²) in [6.07, 6.45) is 1.17. The number of methoxy groups -OCH3 is 1. The van der Waals surface area contributed by atoms with Gasteiger partial charge in [-0.2, -0.15) is 0 Å². The van der Waals surface area contributed by atoms with Crippen LogP contribution < -0.4 is 5.73 Å². The number of hydrogen-bond acceptors (Lipinski definition) is 4. The monoisotopic (exact) mass is 172 g/mol. The number of Topliss-reactive ketones (excluding diaryl/α,β-unsaturated/α-hetero) is 1. The molecule has 0 aliphatic rings. The molecule has 0 unspecified atom stereocenters. The molecule has 12 heavy (non-hydrogen) atoms. The molecule has 0 saturated heterocycles. The molecule has 0 heterocycles. The molecule has 2 N–H and O–H groups in total. The van der Waals surface area contributed by atoms with Crippen LogP contribution in [0.1, 0.15) is 12.8 Å². The average Bonchev–Trinajstić information content (AvgIpc) is 2.05. The van der Waals surface area contributed by atoms with Gasteiger partial charge in [-0.3, -0.25) is 14.6 Å². The zero-order chi connectivity index (χ0) is 9.40. The summed E-state index contributed by atoms with van der Waals surface area (Å²) in [5.74, 6) is -0.704. The summed E-state index contributed by atoms with van der Waals surface area (Å²) in [4.78, 5) is 25.0. The number of esters is 1. The second kappa shape index (κ2) is 6.33. The maximum atomic E-state index is 10.9. The van der Waals surface area contributed by atoms with Crippen LogP contribution in [0, 0.1) is 0 Å². The second-order valence-electron chi connectivity index (χ2n) is 2.10. The number of carbonyl (C=O) groups is 2. The zero-order valence-electron chi connectivity index (χ0n) is 6.95. The first kappa shape index (κ1) is 10.6. The molecule has 0 spiro atoms. The molecule has 0 radical (unpaired) electrons. The van der Waals surface area contributed by atoms with E-state index >= 15 is 0 Å². The van der Waals surface area contributed by atoms with Crippen molar-refractivity contribution in [1.82, 2.24) is 0 Å². The largest absolute Gasteiger partial charge is 0.469 e. The molecule has 0 saturated carbocycles. The van der Waals surface area contributed by atoms with Crippen LogP contribution >= 0.6 is 0 Å². The molecule has 5 nitrogen and oxygen atoms in total. The number of nitrogens with two attached hydrogens (primary N) is 1. The van der Waals surface area contributed by atoms with Crippen LogP contribution in [0.3, 0.4) is 0 Å². The fourth-order valence-corrected chi connectivity index (χ4v) is 0.585. The molecular formula is C7H12N2O3. The summed E-state index contributed by atoms with van der Waals surface area (Å²) >= 11 is 0. The van der Waals surface area contributed by atoms with Crippen molar-refractivity contribution >= 4 is 18.1 Å². The summed E-state index contributed by atoms with van der Waals surface area (Å²) in [6, 6.07) is 0. The second-order valence-corrected chi connectivity index (χ2v) is 2.10. The van der Waals surface area contributed by atoms with Crippen molar-refractivity contribution in [1.29, 1.82) is 0 Å². The number of rotatable bonds is 5. The summed E-state index contributed by atoms with van der Waals surface area (Å²) < 4.78 is 4.30. The molecule has 0 amide bonds. The topological polar surface area (TPSA) is 81.8 Å². The van der Waals surface area contributed by atoms with Gasteiger partial charge in [-0.05, 0) is 0 Å². The minimum Gasteiger partial charge on any atom is -0.469 e. The summed E-state index contributed by atoms with van der Waals surface area (Å²) in [6.45, 7) is 0.326. The Hall–Kier alpha value is -1.39. The smallest absolute Gasteiger partial charge is 0.313 e. The minimum atomic E-state index is -0.517. The van der Waals surface area contributed by atoms with Crippen LogP contribution in [-0.4, -0.2) is 31.7 Å². The zero-order valence-corrected chi connectivity index (χ0v) is 6.95. The van der Waals surface area contributed by atoms with Crippen molar-refractivity contribution in [2.24, 2.45) is 10.7 Å². The third kappa shape index (κ3) is 5.40. The number of ether oxygens (including phenoxy) is 1. The van der Waals surface area contributed by atoms with Gasteiger partial charge < -0.3 is 10.5 Å². The van der Waals surface area contributed by atoms with Gasteiger partial charge in [-0.15, -0.1) is 0 Å². The first-order valence-electron chi connectivity index (χ1n) is 3.49. The molecule has 0 aliphatic carbocycles. The van der Waals surface area contributed by atoms with Gasteiger partial charge in [0.25, 0.3) is 0 Å². The molecular weight excluding hydrogens is 160 g/mol. The number of nitrogens with zero attached hydrogens (tertiary/aromatic N) is 1. The van der Waals surface area contributed by atoms with Gasteiger partial charge in [0.05, 0.1) is 13.4 Å². The van der Waals surface area contributed by atoms with Gasteiger partial charge in [0.15, 0.2) is 0 Å². The number of hydrogen-bond donors (Lipinski definition) is 1. The van der Waals surface area contributed by atoms with E-state index in [2.05, 4.69) is 9.73 Å². The Morgan fingerprint density at radius 1 is 1.58 bits per heavy atom. The van der Waals surface area contributed by atoms with E-state index in [-0.39, 0.29) is 18.6 Å². The SMILES string of the molecule is COC(=O)CC(=O)CCN=CN. The fourth-order valence-electron chi connectivity index (χ4n) is 0.585. The van der Waals surface area contributed by atoms with Gasteiger partial charge in [0.2, 0.25) is 0 Å². The first-order valence-corrected chi connectivity index (χ1v) is 3.49. The Morgan fingerprint density at radius 2 is 2.25 bits per heavy atom. The van der Waals surface area contributed by atoms with Gasteiger partial charge in [0.1, 0.15) is 12.2 Å². The van der Waals surface area contributed by atoms with E-state index in [1.807, 2.05) is 0 Å². The van der Waals surface area contributed by atoms with Crippen LogP contribution in [0.25, 0.3) is 0 Å². The number of ketones is 1. The van der Waals surface area contributed by atoms with E-state index in [1.54, 1.807) is 0 Å². The summed E-state index contributed by atoms with van der Waals surface area (Å²) in [5, 5.41) is 0. The highest BCUT2D eigenvalue weighted by Crippen LogP contribution is 1.92. The van der Waals surface area contributed by atoms with Crippen molar-refractivity contribution in [2.75, 3.05) is 13.7 Å². The highest BCUT2D eigenvalue weighted by atomic mass is 16.5. The van der Waals surface area contributed by atoms with Gasteiger partial charge in [-0.1, -0.05) is 0 Å². The van der Waals surface area contributed by atoms with Crippen molar-refractivity contribution in [2.45, 2.75) is 12.8 Å². The molecule has 0 atom stereocenters. The molecule has 68 valence electrons. The van der Waals surface area contributed by atoms with E-state index in [0.717, 1.165) is 6.34 Å². The molecule has 0 aromatic heterocycles. The van der Waals surface area contributed by atoms with E-state index in [9.17, 15) is 9.59 Å². The van der Waals surface area contributed by atoms with E-state index in [0.29, 0.717) is 6.54 Å². The normalized spacial score (nSPS) is 10.1. The predicted molar refractivity (Wildman–Crippen MR) is 43.8 cm³/mol. The van der Waals surface area contributed by atoms with E-state index in [4.69, 9.17) is 5.73 Å². The predicted octanol–water partition coefficient (Wildman–Crippen LogP) is -0.504. The summed E-state index contributed by atoms with van der Waals surface area (Å²) in [7, 11) is 1.24. The number of aliphatic imine (C=N–C) groups is 1. The lowest BCUT2D eigenvalue weighted by atomic mass is 10.2. The van der Waals surface area contributed by atoms with Crippen molar-refractivity contribution in [3.8, 4) is 0 Å². The van der Waals surface area contributed by atoms with Gasteiger partial charge >= 0.3 is 5.97 Å². The maximum absolute atomic E-state index is 10.9. The van der Waals surface area contributed by atoms with E-state index < -0.39 is 5.97 Å². The Bertz CT molecular complexity index is 189. The minimum absolute atomic E-state index is 0.184. The standard InChI is InChI=1S/C7H12N2O3/c1-12-7(11)4-6(10)2-3-9-5-8/h5H,2-4H2,1H3,(H2,8,9). The van der Waals surface area contributed by atoms with Crippen LogP contribution in [0.15, 0.2) is 4.99 Å². The molecule has 0 aromatic carbocycles. The quantitative estimate of drug-likeness (QED) is 0.262. The Kier molecular flexibility index (Phi) is 5.60. The molecule has 0 bridgehead atoms. The molecule has 0 aliphatic heterocycles. The highest BCUT2D eigenvalue weighted by molar-refractivity contribution is 5.95.